The molecule has 0 N–H and O–H groups in total. The Morgan fingerprint density at radius 3 is 2.24 bits per heavy atom. The van der Waals surface area contributed by atoms with E-state index in [1.54, 1.807) is 7.11 Å². The summed E-state index contributed by atoms with van der Waals surface area (Å²) in [7, 11) is 1.67. The summed E-state index contributed by atoms with van der Waals surface area (Å²) >= 11 is 0. The summed E-state index contributed by atoms with van der Waals surface area (Å²) in [5.74, 6) is 1.95. The van der Waals surface area contributed by atoms with Crippen molar-refractivity contribution in [3.05, 3.63) is 28.8 Å². The first kappa shape index (κ1) is 12.2. The summed E-state index contributed by atoms with van der Waals surface area (Å²) in [4.78, 5) is 12.3. The smallest absolute Gasteiger partial charge is 0.165 e. The third-order valence-corrected chi connectivity index (χ3v) is 3.69. The Hall–Kier alpha value is -1.31. The normalized spacial score (nSPS) is 16.7. The molecule has 1 aromatic carbocycles. The summed E-state index contributed by atoms with van der Waals surface area (Å²) in [5.41, 5.74) is 2.91. The number of aryl methyl sites for hydroxylation is 2. The van der Waals surface area contributed by atoms with Gasteiger partial charge >= 0.3 is 0 Å². The molecule has 1 atom stereocenters. The third kappa shape index (κ3) is 2.36. The Morgan fingerprint density at radius 1 is 1.29 bits per heavy atom. The van der Waals surface area contributed by atoms with Crippen LogP contribution in [-0.4, -0.2) is 12.9 Å². The summed E-state index contributed by atoms with van der Waals surface area (Å²) in [6.45, 7) is 6.03. The highest BCUT2D eigenvalue weighted by molar-refractivity contribution is 5.98. The van der Waals surface area contributed by atoms with Crippen LogP contribution in [0.4, 0.5) is 0 Å². The van der Waals surface area contributed by atoms with E-state index in [9.17, 15) is 4.79 Å². The van der Waals surface area contributed by atoms with Gasteiger partial charge < -0.3 is 4.74 Å². The van der Waals surface area contributed by atoms with Crippen LogP contribution >= 0.6 is 0 Å². The van der Waals surface area contributed by atoms with Crippen molar-refractivity contribution in [2.24, 2.45) is 11.8 Å². The van der Waals surface area contributed by atoms with Crippen LogP contribution in [0.15, 0.2) is 12.1 Å². The van der Waals surface area contributed by atoms with Crippen LogP contribution in [0.25, 0.3) is 0 Å². The molecule has 1 aromatic rings. The molecular formula is C15H20O2. The molecule has 0 amide bonds. The number of ketones is 1. The number of Topliss-reactive ketones (excluding diaryl/α,β-unsaturated/α-hetero) is 1. The van der Waals surface area contributed by atoms with E-state index in [4.69, 9.17) is 4.74 Å². The lowest BCUT2D eigenvalue weighted by Crippen LogP contribution is -2.13. The second-order valence-electron chi connectivity index (χ2n) is 5.13. The molecule has 0 aromatic heterocycles. The standard InChI is InChI=1S/C15H20O2/c1-9-7-13(8-10(2)15(9)17-4)14(16)11(3)12-5-6-12/h7-8,11-12H,5-6H2,1-4H3. The van der Waals surface area contributed by atoms with Crippen LogP contribution < -0.4 is 4.74 Å². The third-order valence-electron chi connectivity index (χ3n) is 3.69. The number of methoxy groups -OCH3 is 1. The van der Waals surface area contributed by atoms with Crippen molar-refractivity contribution in [1.29, 1.82) is 0 Å². The maximum absolute atomic E-state index is 12.3. The van der Waals surface area contributed by atoms with E-state index in [1.807, 2.05) is 26.0 Å². The fraction of sp³-hybridized carbons (Fsp3) is 0.533. The first-order valence-electron chi connectivity index (χ1n) is 6.24. The average molecular weight is 232 g/mol. The van der Waals surface area contributed by atoms with E-state index in [1.165, 1.54) is 12.8 Å². The zero-order chi connectivity index (χ0) is 12.6. The van der Waals surface area contributed by atoms with Crippen LogP contribution in [0.5, 0.6) is 5.75 Å². The molecule has 1 fully saturated rings. The SMILES string of the molecule is COc1c(C)cc(C(=O)C(C)C2CC2)cc1C. The summed E-state index contributed by atoms with van der Waals surface area (Å²) < 4.78 is 5.32. The Balaban J connectivity index is 2.29. The lowest BCUT2D eigenvalue weighted by molar-refractivity contribution is 0.0916. The minimum Gasteiger partial charge on any atom is -0.496 e. The number of ether oxygens (including phenoxy) is 1. The van der Waals surface area contributed by atoms with Gasteiger partial charge in [-0.05, 0) is 55.9 Å². The fourth-order valence-electron chi connectivity index (χ4n) is 2.49. The molecule has 0 bridgehead atoms. The highest BCUT2D eigenvalue weighted by Crippen LogP contribution is 2.38. The predicted octanol–water partition coefficient (Wildman–Crippen LogP) is 3.54. The number of carbonyl (C=O) groups is 1. The zero-order valence-electron chi connectivity index (χ0n) is 11.0. The summed E-state index contributed by atoms with van der Waals surface area (Å²) in [6, 6.07) is 3.90. The number of hydrogen-bond acceptors (Lipinski definition) is 2. The van der Waals surface area contributed by atoms with E-state index in [2.05, 4.69) is 6.92 Å². The molecule has 0 spiro atoms. The zero-order valence-corrected chi connectivity index (χ0v) is 11.0. The van der Waals surface area contributed by atoms with Gasteiger partial charge in [0.05, 0.1) is 7.11 Å². The van der Waals surface area contributed by atoms with Crippen molar-refractivity contribution in [2.45, 2.75) is 33.6 Å². The lowest BCUT2D eigenvalue weighted by atomic mass is 9.93. The lowest BCUT2D eigenvalue weighted by Gasteiger charge is -2.13. The number of carbonyl (C=O) groups excluding carboxylic acids is 1. The largest absolute Gasteiger partial charge is 0.496 e. The van der Waals surface area contributed by atoms with Gasteiger partial charge in [-0.3, -0.25) is 4.79 Å². The van der Waals surface area contributed by atoms with Gasteiger partial charge in [0.15, 0.2) is 5.78 Å². The van der Waals surface area contributed by atoms with Crippen molar-refractivity contribution in [2.75, 3.05) is 7.11 Å². The van der Waals surface area contributed by atoms with E-state index in [-0.39, 0.29) is 11.7 Å². The summed E-state index contributed by atoms with van der Waals surface area (Å²) in [5, 5.41) is 0. The van der Waals surface area contributed by atoms with Gasteiger partial charge in [0, 0.05) is 11.5 Å². The highest BCUT2D eigenvalue weighted by Gasteiger charge is 2.33. The van der Waals surface area contributed by atoms with Crippen LogP contribution in [0, 0.1) is 25.7 Å². The van der Waals surface area contributed by atoms with Gasteiger partial charge in [-0.25, -0.2) is 0 Å². The molecule has 0 saturated heterocycles. The van der Waals surface area contributed by atoms with E-state index in [0.29, 0.717) is 5.92 Å². The van der Waals surface area contributed by atoms with Gasteiger partial charge in [-0.2, -0.15) is 0 Å². The first-order valence-corrected chi connectivity index (χ1v) is 6.24. The Morgan fingerprint density at radius 2 is 1.82 bits per heavy atom. The van der Waals surface area contributed by atoms with Gasteiger partial charge in [0.1, 0.15) is 5.75 Å². The number of rotatable bonds is 4. The molecule has 1 saturated carbocycles. The van der Waals surface area contributed by atoms with Gasteiger partial charge in [0.2, 0.25) is 0 Å². The molecule has 17 heavy (non-hydrogen) atoms. The first-order chi connectivity index (χ1) is 8.04. The van der Waals surface area contributed by atoms with Crippen molar-refractivity contribution in [1.82, 2.24) is 0 Å². The minimum absolute atomic E-state index is 0.169. The van der Waals surface area contributed by atoms with Crippen LogP contribution in [0.1, 0.15) is 41.3 Å². The quantitative estimate of drug-likeness (QED) is 0.742. The maximum Gasteiger partial charge on any atom is 0.165 e. The number of hydrogen-bond donors (Lipinski definition) is 0. The summed E-state index contributed by atoms with van der Waals surface area (Å²) in [6.07, 6.45) is 2.42. The van der Waals surface area contributed by atoms with Gasteiger partial charge in [-0.1, -0.05) is 6.92 Å². The highest BCUT2D eigenvalue weighted by atomic mass is 16.5. The van der Waals surface area contributed by atoms with Crippen molar-refractivity contribution >= 4 is 5.78 Å². The molecular weight excluding hydrogens is 212 g/mol. The maximum atomic E-state index is 12.3. The molecule has 0 aliphatic heterocycles. The van der Waals surface area contributed by atoms with Crippen LogP contribution in [-0.2, 0) is 0 Å². The van der Waals surface area contributed by atoms with E-state index in [0.717, 1.165) is 22.4 Å². The topological polar surface area (TPSA) is 26.3 Å². The molecule has 0 radical (unpaired) electrons. The van der Waals surface area contributed by atoms with Gasteiger partial charge in [0.25, 0.3) is 0 Å². The number of benzene rings is 1. The van der Waals surface area contributed by atoms with E-state index >= 15 is 0 Å². The molecule has 1 aliphatic carbocycles. The van der Waals surface area contributed by atoms with Crippen molar-refractivity contribution in [3.63, 3.8) is 0 Å². The van der Waals surface area contributed by atoms with Crippen molar-refractivity contribution < 1.29 is 9.53 Å². The molecule has 1 unspecified atom stereocenters. The van der Waals surface area contributed by atoms with Crippen molar-refractivity contribution in [3.8, 4) is 5.75 Å². The Bertz CT molecular complexity index is 421. The molecule has 2 rings (SSSR count). The monoisotopic (exact) mass is 232 g/mol. The van der Waals surface area contributed by atoms with Crippen LogP contribution in [0.2, 0.25) is 0 Å². The minimum atomic E-state index is 0.169. The Kier molecular flexibility index (Phi) is 3.23. The molecule has 1 aliphatic rings. The predicted molar refractivity (Wildman–Crippen MR) is 68.7 cm³/mol. The molecule has 2 nitrogen and oxygen atoms in total. The van der Waals surface area contributed by atoms with Gasteiger partial charge in [-0.15, -0.1) is 0 Å². The molecule has 0 heterocycles. The molecule has 92 valence electrons. The van der Waals surface area contributed by atoms with E-state index < -0.39 is 0 Å². The Labute approximate surface area is 103 Å². The van der Waals surface area contributed by atoms with Crippen LogP contribution in [0.3, 0.4) is 0 Å². The fourth-order valence-corrected chi connectivity index (χ4v) is 2.49. The average Bonchev–Trinajstić information content (AvgIpc) is 3.10. The second kappa shape index (κ2) is 4.52. The molecule has 2 heteroatoms. The second-order valence-corrected chi connectivity index (χ2v) is 5.13.